The Balaban J connectivity index is 2.13. The summed E-state index contributed by atoms with van der Waals surface area (Å²) >= 11 is 0. The van der Waals surface area contributed by atoms with Crippen molar-refractivity contribution in [3.05, 3.63) is 69.0 Å². The Morgan fingerprint density at radius 3 is 2.04 bits per heavy atom. The Bertz CT molecular complexity index is 1070. The molecular formula is C18H17N3O6. The second-order valence-electron chi connectivity index (χ2n) is 5.43. The topological polar surface area (TPSA) is 105 Å². The zero-order chi connectivity index (χ0) is 19.6. The lowest BCUT2D eigenvalue weighted by atomic mass is 10.1. The van der Waals surface area contributed by atoms with E-state index in [0.29, 0.717) is 16.1 Å². The molecule has 27 heavy (non-hydrogen) atoms. The molecule has 1 N–H and O–H groups in total. The van der Waals surface area contributed by atoms with Gasteiger partial charge >= 0.3 is 11.4 Å². The van der Waals surface area contributed by atoms with Gasteiger partial charge in [-0.25, -0.2) is 19.3 Å². The van der Waals surface area contributed by atoms with E-state index in [1.54, 1.807) is 30.3 Å². The van der Waals surface area contributed by atoms with Gasteiger partial charge in [-0.3, -0.25) is 4.79 Å². The maximum Gasteiger partial charge on any atom is 0.359 e. The van der Waals surface area contributed by atoms with E-state index in [2.05, 4.69) is 5.10 Å². The summed E-state index contributed by atoms with van der Waals surface area (Å²) in [7, 11) is 4.25. The number of carbonyl (C=O) groups is 1. The van der Waals surface area contributed by atoms with Gasteiger partial charge < -0.3 is 14.2 Å². The molecule has 0 saturated carbocycles. The van der Waals surface area contributed by atoms with Gasteiger partial charge in [-0.2, -0.15) is 4.68 Å². The molecule has 0 atom stereocenters. The molecule has 9 nitrogen and oxygen atoms in total. The van der Waals surface area contributed by atoms with Crippen LogP contribution in [-0.4, -0.2) is 41.6 Å². The van der Waals surface area contributed by atoms with Gasteiger partial charge in [-0.15, -0.1) is 0 Å². The molecule has 1 aromatic heterocycles. The predicted octanol–water partition coefficient (Wildman–Crippen LogP) is 1.04. The quantitative estimate of drug-likeness (QED) is 0.719. The van der Waals surface area contributed by atoms with Crippen LogP contribution in [0.4, 0.5) is 0 Å². The summed E-state index contributed by atoms with van der Waals surface area (Å²) in [5.74, 6) is 0.0569. The number of nitrogens with zero attached hydrogens (tertiary/aromatic N) is 2. The standard InChI is InChI=1S/C18H17N3O6/c1-25-13-9-11(10-14(26-2)15(13)27-3)16(22)21-18(24)20(17(23)19-21)12-7-5-4-6-8-12/h4-10H,1-3H3,(H,19,23). The molecule has 0 radical (unpaired) electrons. The number of hydrogen-bond acceptors (Lipinski definition) is 6. The van der Waals surface area contributed by atoms with Gasteiger partial charge in [-0.05, 0) is 24.3 Å². The minimum atomic E-state index is -0.815. The number of nitrogens with one attached hydrogen (secondary N) is 1. The van der Waals surface area contributed by atoms with Crippen molar-refractivity contribution < 1.29 is 19.0 Å². The van der Waals surface area contributed by atoms with E-state index in [1.165, 1.54) is 33.5 Å². The van der Waals surface area contributed by atoms with Gasteiger partial charge in [0.1, 0.15) is 0 Å². The molecule has 1 heterocycles. The van der Waals surface area contributed by atoms with Crippen molar-refractivity contribution in [1.29, 1.82) is 0 Å². The summed E-state index contributed by atoms with van der Waals surface area (Å²) in [5, 5.41) is 2.26. The Hall–Kier alpha value is -3.75. The van der Waals surface area contributed by atoms with E-state index in [4.69, 9.17) is 14.2 Å². The van der Waals surface area contributed by atoms with Crippen LogP contribution in [0, 0.1) is 0 Å². The van der Waals surface area contributed by atoms with Crippen molar-refractivity contribution in [2.75, 3.05) is 21.3 Å². The number of hydrogen-bond donors (Lipinski definition) is 1. The molecule has 0 unspecified atom stereocenters. The number of carbonyl (C=O) groups excluding carboxylic acids is 1. The van der Waals surface area contributed by atoms with Gasteiger partial charge in [0, 0.05) is 5.56 Å². The Labute approximate surface area is 153 Å². The largest absolute Gasteiger partial charge is 0.493 e. The van der Waals surface area contributed by atoms with E-state index < -0.39 is 17.3 Å². The zero-order valence-corrected chi connectivity index (χ0v) is 14.9. The van der Waals surface area contributed by atoms with Gasteiger partial charge in [0.15, 0.2) is 11.5 Å². The first-order valence-corrected chi connectivity index (χ1v) is 7.86. The summed E-state index contributed by atoms with van der Waals surface area (Å²) < 4.78 is 17.1. The zero-order valence-electron chi connectivity index (χ0n) is 14.9. The molecule has 140 valence electrons. The first-order valence-electron chi connectivity index (χ1n) is 7.86. The van der Waals surface area contributed by atoms with Crippen molar-refractivity contribution in [1.82, 2.24) is 14.3 Å². The highest BCUT2D eigenvalue weighted by molar-refractivity contribution is 5.96. The molecule has 0 amide bonds. The van der Waals surface area contributed by atoms with Gasteiger partial charge in [0.05, 0.1) is 27.0 Å². The fourth-order valence-corrected chi connectivity index (χ4v) is 2.66. The lowest BCUT2D eigenvalue weighted by molar-refractivity contribution is 0.0939. The van der Waals surface area contributed by atoms with E-state index in [9.17, 15) is 14.4 Å². The molecule has 3 aromatic rings. The number of aromatic amines is 1. The van der Waals surface area contributed by atoms with Gasteiger partial charge in [-0.1, -0.05) is 18.2 Å². The summed E-state index contributed by atoms with van der Waals surface area (Å²) in [6.07, 6.45) is 0. The fraction of sp³-hybridized carbons (Fsp3) is 0.167. The molecule has 0 fully saturated rings. The summed E-state index contributed by atoms with van der Waals surface area (Å²) in [4.78, 5) is 37.7. The highest BCUT2D eigenvalue weighted by Crippen LogP contribution is 2.38. The van der Waals surface area contributed by atoms with E-state index in [0.717, 1.165) is 4.57 Å². The van der Waals surface area contributed by atoms with Crippen LogP contribution in [0.3, 0.4) is 0 Å². The fourth-order valence-electron chi connectivity index (χ4n) is 2.66. The monoisotopic (exact) mass is 371 g/mol. The number of benzene rings is 2. The normalized spacial score (nSPS) is 10.5. The second-order valence-corrected chi connectivity index (χ2v) is 5.43. The third-order valence-electron chi connectivity index (χ3n) is 3.92. The number of rotatable bonds is 5. The van der Waals surface area contributed by atoms with E-state index >= 15 is 0 Å². The first kappa shape index (κ1) is 18.1. The molecule has 3 rings (SSSR count). The molecule has 0 aliphatic heterocycles. The Morgan fingerprint density at radius 1 is 0.926 bits per heavy atom. The lowest BCUT2D eigenvalue weighted by Gasteiger charge is -2.13. The van der Waals surface area contributed by atoms with Crippen molar-refractivity contribution in [3.8, 4) is 22.9 Å². The number of H-pyrrole nitrogens is 1. The van der Waals surface area contributed by atoms with Crippen LogP contribution < -0.4 is 25.6 Å². The van der Waals surface area contributed by atoms with Crippen molar-refractivity contribution in [3.63, 3.8) is 0 Å². The van der Waals surface area contributed by atoms with Crippen LogP contribution in [0.2, 0.25) is 0 Å². The average molecular weight is 371 g/mol. The Morgan fingerprint density at radius 2 is 1.52 bits per heavy atom. The van der Waals surface area contributed by atoms with Crippen molar-refractivity contribution >= 4 is 5.91 Å². The van der Waals surface area contributed by atoms with Crippen LogP contribution >= 0.6 is 0 Å². The number of ether oxygens (including phenoxy) is 3. The average Bonchev–Trinajstić information content (AvgIpc) is 3.00. The molecular weight excluding hydrogens is 354 g/mol. The third kappa shape index (κ3) is 3.10. The molecule has 0 saturated heterocycles. The SMILES string of the molecule is COc1cc(C(=O)n2[nH]c(=O)n(-c3ccccc3)c2=O)cc(OC)c1OC. The summed E-state index contributed by atoms with van der Waals surface area (Å²) in [5.41, 5.74) is -1.12. The molecule has 9 heteroatoms. The van der Waals surface area contributed by atoms with Crippen LogP contribution in [0.1, 0.15) is 10.4 Å². The maximum absolute atomic E-state index is 12.8. The smallest absolute Gasteiger partial charge is 0.359 e. The minimum Gasteiger partial charge on any atom is -0.493 e. The third-order valence-corrected chi connectivity index (χ3v) is 3.92. The number of aromatic nitrogens is 3. The molecule has 0 aliphatic rings. The van der Waals surface area contributed by atoms with Crippen LogP contribution in [0.5, 0.6) is 17.2 Å². The van der Waals surface area contributed by atoms with E-state index in [1.807, 2.05) is 0 Å². The van der Waals surface area contributed by atoms with Crippen molar-refractivity contribution in [2.45, 2.75) is 0 Å². The number of para-hydroxylation sites is 1. The minimum absolute atomic E-state index is 0.0769. The highest BCUT2D eigenvalue weighted by Gasteiger charge is 2.22. The Kier molecular flexibility index (Phi) is 4.84. The second kappa shape index (κ2) is 7.24. The highest BCUT2D eigenvalue weighted by atomic mass is 16.5. The molecule has 0 spiro atoms. The van der Waals surface area contributed by atoms with Crippen molar-refractivity contribution in [2.24, 2.45) is 0 Å². The number of methoxy groups -OCH3 is 3. The first-order chi connectivity index (χ1) is 13.0. The van der Waals surface area contributed by atoms with Gasteiger partial charge in [0.2, 0.25) is 5.75 Å². The van der Waals surface area contributed by atoms with Crippen LogP contribution in [0.15, 0.2) is 52.1 Å². The molecule has 0 aliphatic carbocycles. The summed E-state index contributed by atoms with van der Waals surface area (Å²) in [6, 6.07) is 11.1. The van der Waals surface area contributed by atoms with E-state index in [-0.39, 0.29) is 17.1 Å². The lowest BCUT2D eigenvalue weighted by Crippen LogP contribution is -2.30. The summed E-state index contributed by atoms with van der Waals surface area (Å²) in [6.45, 7) is 0. The van der Waals surface area contributed by atoms with Gasteiger partial charge in [0.25, 0.3) is 5.91 Å². The molecule has 0 bridgehead atoms. The predicted molar refractivity (Wildman–Crippen MR) is 96.5 cm³/mol. The molecule has 2 aromatic carbocycles. The maximum atomic E-state index is 12.8. The van der Waals surface area contributed by atoms with Crippen LogP contribution in [-0.2, 0) is 0 Å². The van der Waals surface area contributed by atoms with Crippen LogP contribution in [0.25, 0.3) is 5.69 Å².